The molecule has 136 valence electrons. The first-order valence-electron chi connectivity index (χ1n) is 7.32. The van der Waals surface area contributed by atoms with Gasteiger partial charge in [0.2, 0.25) is 5.91 Å². The zero-order chi connectivity index (χ0) is 19.1. The first kappa shape index (κ1) is 18.6. The topological polar surface area (TPSA) is 88.2 Å². The summed E-state index contributed by atoms with van der Waals surface area (Å²) in [6, 6.07) is 6.42. The molecule has 10 heteroatoms. The van der Waals surface area contributed by atoms with Gasteiger partial charge in [-0.1, -0.05) is 22.9 Å². The van der Waals surface area contributed by atoms with E-state index < -0.39 is 15.8 Å². The summed E-state index contributed by atoms with van der Waals surface area (Å²) in [6.45, 7) is 3.17. The fourth-order valence-electron chi connectivity index (χ4n) is 2.32. The van der Waals surface area contributed by atoms with Crippen molar-refractivity contribution in [3.05, 3.63) is 46.7 Å². The molecule has 1 aromatic heterocycles. The number of aromatic nitrogens is 1. The number of benzene rings is 2. The Morgan fingerprint density at radius 3 is 2.65 bits per heavy atom. The maximum Gasteiger partial charge on any atom is 0.261 e. The van der Waals surface area contributed by atoms with E-state index in [1.54, 1.807) is 19.1 Å². The second kappa shape index (κ2) is 6.82. The van der Waals surface area contributed by atoms with Gasteiger partial charge >= 0.3 is 0 Å². The van der Waals surface area contributed by atoms with Crippen molar-refractivity contribution in [1.29, 1.82) is 0 Å². The molecule has 1 amide bonds. The number of thiazole rings is 1. The zero-order valence-electron chi connectivity index (χ0n) is 13.6. The number of sulfonamides is 1. The van der Waals surface area contributed by atoms with Crippen molar-refractivity contribution in [1.82, 2.24) is 4.98 Å². The highest BCUT2D eigenvalue weighted by atomic mass is 35.5. The molecule has 26 heavy (non-hydrogen) atoms. The minimum Gasteiger partial charge on any atom is -0.302 e. The normalized spacial score (nSPS) is 11.5. The minimum atomic E-state index is -3.94. The van der Waals surface area contributed by atoms with E-state index in [0.717, 1.165) is 23.8 Å². The molecule has 0 fully saturated rings. The van der Waals surface area contributed by atoms with Gasteiger partial charge in [0, 0.05) is 6.92 Å². The standard InChI is InChI=1S/C16H13ClFN3O3S2/c1-8-5-10(6-14-15(8)20-16(25-14)19-9(2)22)21-26(23,24)11-3-4-13(18)12(17)7-11/h3-7,21H,1-2H3,(H,19,20,22). The SMILES string of the molecule is CC(=O)Nc1nc2c(C)cc(NS(=O)(=O)c3ccc(F)c(Cl)c3)cc2s1. The van der Waals surface area contributed by atoms with Gasteiger partial charge in [-0.25, -0.2) is 17.8 Å². The van der Waals surface area contributed by atoms with E-state index >= 15 is 0 Å². The molecular formula is C16H13ClFN3O3S2. The molecule has 0 bridgehead atoms. The van der Waals surface area contributed by atoms with Gasteiger partial charge in [0.15, 0.2) is 5.13 Å². The van der Waals surface area contributed by atoms with Crippen LogP contribution in [-0.2, 0) is 14.8 Å². The molecule has 0 atom stereocenters. The molecule has 3 rings (SSSR count). The molecule has 0 aliphatic rings. The molecule has 3 aromatic rings. The van der Waals surface area contributed by atoms with Crippen LogP contribution in [-0.4, -0.2) is 19.3 Å². The molecule has 1 heterocycles. The van der Waals surface area contributed by atoms with E-state index in [9.17, 15) is 17.6 Å². The highest BCUT2D eigenvalue weighted by molar-refractivity contribution is 7.92. The van der Waals surface area contributed by atoms with Crippen LogP contribution >= 0.6 is 22.9 Å². The number of amides is 1. The first-order valence-corrected chi connectivity index (χ1v) is 10.00. The molecule has 0 radical (unpaired) electrons. The number of hydrogen-bond acceptors (Lipinski definition) is 5. The Balaban J connectivity index is 1.97. The summed E-state index contributed by atoms with van der Waals surface area (Å²) in [7, 11) is -3.94. The molecule has 2 N–H and O–H groups in total. The van der Waals surface area contributed by atoms with Crippen molar-refractivity contribution >= 4 is 59.9 Å². The van der Waals surface area contributed by atoms with Crippen LogP contribution in [0.3, 0.4) is 0 Å². The molecule has 0 saturated heterocycles. The van der Waals surface area contributed by atoms with Gasteiger partial charge in [-0.3, -0.25) is 9.52 Å². The summed E-state index contributed by atoms with van der Waals surface area (Å²) in [5.41, 5.74) is 1.74. The van der Waals surface area contributed by atoms with Crippen LogP contribution in [0.25, 0.3) is 10.2 Å². The van der Waals surface area contributed by atoms with Crippen molar-refractivity contribution in [2.24, 2.45) is 0 Å². The molecule has 0 unspecified atom stereocenters. The summed E-state index contributed by atoms with van der Waals surface area (Å²) in [4.78, 5) is 15.3. The van der Waals surface area contributed by atoms with Crippen molar-refractivity contribution in [2.45, 2.75) is 18.7 Å². The number of hydrogen-bond donors (Lipinski definition) is 2. The van der Waals surface area contributed by atoms with E-state index in [0.29, 0.717) is 21.0 Å². The van der Waals surface area contributed by atoms with Crippen molar-refractivity contribution < 1.29 is 17.6 Å². The lowest BCUT2D eigenvalue weighted by Gasteiger charge is -2.09. The van der Waals surface area contributed by atoms with E-state index in [1.165, 1.54) is 18.3 Å². The fraction of sp³-hybridized carbons (Fsp3) is 0.125. The van der Waals surface area contributed by atoms with Crippen molar-refractivity contribution in [3.8, 4) is 0 Å². The Kier molecular flexibility index (Phi) is 4.87. The third kappa shape index (κ3) is 3.79. The van der Waals surface area contributed by atoms with Gasteiger partial charge in [0.25, 0.3) is 10.0 Å². The van der Waals surface area contributed by atoms with Crippen molar-refractivity contribution in [2.75, 3.05) is 10.0 Å². The summed E-state index contributed by atoms with van der Waals surface area (Å²) in [5.74, 6) is -0.936. The van der Waals surface area contributed by atoms with Gasteiger partial charge in [0.05, 0.1) is 25.8 Å². The zero-order valence-corrected chi connectivity index (χ0v) is 16.0. The number of anilines is 2. The summed E-state index contributed by atoms with van der Waals surface area (Å²) < 4.78 is 41.4. The predicted octanol–water partition coefficient (Wildman–Crippen LogP) is 4.16. The van der Waals surface area contributed by atoms with E-state index in [1.807, 2.05) is 0 Å². The Morgan fingerprint density at radius 1 is 1.27 bits per heavy atom. The van der Waals surface area contributed by atoms with Crippen LogP contribution in [0.1, 0.15) is 12.5 Å². The largest absolute Gasteiger partial charge is 0.302 e. The van der Waals surface area contributed by atoms with Gasteiger partial charge in [-0.15, -0.1) is 0 Å². The van der Waals surface area contributed by atoms with Gasteiger partial charge in [-0.05, 0) is 42.8 Å². The van der Waals surface area contributed by atoms with Crippen LogP contribution in [0.15, 0.2) is 35.2 Å². The molecule has 2 aromatic carbocycles. The molecule has 6 nitrogen and oxygen atoms in total. The lowest BCUT2D eigenvalue weighted by Crippen LogP contribution is -2.13. The number of carbonyl (C=O) groups is 1. The maximum absolute atomic E-state index is 13.3. The van der Waals surface area contributed by atoms with Crippen LogP contribution in [0.2, 0.25) is 5.02 Å². The number of rotatable bonds is 4. The van der Waals surface area contributed by atoms with Gasteiger partial charge < -0.3 is 5.32 Å². The smallest absolute Gasteiger partial charge is 0.261 e. The Hall–Kier alpha value is -2.23. The predicted molar refractivity (Wildman–Crippen MR) is 101 cm³/mol. The lowest BCUT2D eigenvalue weighted by molar-refractivity contribution is -0.114. The summed E-state index contributed by atoms with van der Waals surface area (Å²) in [5, 5.41) is 2.76. The maximum atomic E-state index is 13.3. The number of aryl methyl sites for hydroxylation is 1. The summed E-state index contributed by atoms with van der Waals surface area (Å²) >= 11 is 6.89. The van der Waals surface area contributed by atoms with Gasteiger partial charge in [-0.2, -0.15) is 0 Å². The Morgan fingerprint density at radius 2 is 2.00 bits per heavy atom. The third-order valence-corrected chi connectivity index (χ3v) is 6.01. The number of halogens is 2. The number of carbonyl (C=O) groups excluding carboxylic acids is 1. The van der Waals surface area contributed by atoms with Crippen LogP contribution in [0.5, 0.6) is 0 Å². The average molecular weight is 414 g/mol. The average Bonchev–Trinajstić information content (AvgIpc) is 2.91. The van der Waals surface area contributed by atoms with E-state index in [4.69, 9.17) is 11.6 Å². The van der Waals surface area contributed by atoms with Crippen molar-refractivity contribution in [3.63, 3.8) is 0 Å². The number of nitrogens with zero attached hydrogens (tertiary/aromatic N) is 1. The number of nitrogens with one attached hydrogen (secondary N) is 2. The van der Waals surface area contributed by atoms with Gasteiger partial charge in [0.1, 0.15) is 5.82 Å². The van der Waals surface area contributed by atoms with Crippen LogP contribution < -0.4 is 10.0 Å². The molecular weight excluding hydrogens is 401 g/mol. The Bertz CT molecular complexity index is 1130. The van der Waals surface area contributed by atoms with E-state index in [-0.39, 0.29) is 15.8 Å². The third-order valence-electron chi connectivity index (χ3n) is 3.42. The Labute approximate surface area is 158 Å². The fourth-order valence-corrected chi connectivity index (χ4v) is 4.66. The quantitative estimate of drug-likeness (QED) is 0.672. The highest BCUT2D eigenvalue weighted by Gasteiger charge is 2.17. The minimum absolute atomic E-state index is 0.148. The number of fused-ring (bicyclic) bond motifs is 1. The van der Waals surface area contributed by atoms with E-state index in [2.05, 4.69) is 15.0 Å². The summed E-state index contributed by atoms with van der Waals surface area (Å²) in [6.07, 6.45) is 0. The molecule has 0 aliphatic carbocycles. The monoisotopic (exact) mass is 413 g/mol. The molecule has 0 spiro atoms. The molecule has 0 saturated carbocycles. The second-order valence-corrected chi connectivity index (χ2v) is 8.64. The second-order valence-electron chi connectivity index (χ2n) is 5.52. The lowest BCUT2D eigenvalue weighted by atomic mass is 10.2. The first-order chi connectivity index (χ1) is 12.2. The van der Waals surface area contributed by atoms with Crippen LogP contribution in [0, 0.1) is 12.7 Å². The molecule has 0 aliphatic heterocycles. The van der Waals surface area contributed by atoms with Crippen LogP contribution in [0.4, 0.5) is 15.2 Å². The highest BCUT2D eigenvalue weighted by Crippen LogP contribution is 2.32.